The third-order valence-electron chi connectivity index (χ3n) is 2.65. The Morgan fingerprint density at radius 1 is 1.19 bits per heavy atom. The average molecular weight is 293 g/mol. The number of imide groups is 1. The summed E-state index contributed by atoms with van der Waals surface area (Å²) in [7, 11) is 1.46. The highest BCUT2D eigenvalue weighted by molar-refractivity contribution is 6.10. The summed E-state index contributed by atoms with van der Waals surface area (Å²) < 4.78 is 4.86. The van der Waals surface area contributed by atoms with Crippen LogP contribution >= 0.6 is 0 Å². The zero-order valence-corrected chi connectivity index (χ0v) is 11.8. The van der Waals surface area contributed by atoms with Crippen LogP contribution in [0.4, 0.5) is 10.5 Å². The zero-order chi connectivity index (χ0) is 16.0. The second kappa shape index (κ2) is 7.04. The van der Waals surface area contributed by atoms with E-state index >= 15 is 0 Å². The molecule has 8 nitrogen and oxygen atoms in total. The third-order valence-corrected chi connectivity index (χ3v) is 2.65. The maximum atomic E-state index is 11.7. The molecule has 0 bridgehead atoms. The Bertz CT molecular complexity index is 592. The molecule has 0 fully saturated rings. The second-order valence-electron chi connectivity index (χ2n) is 4.05. The monoisotopic (exact) mass is 293 g/mol. The Balaban J connectivity index is 2.67. The second-order valence-corrected chi connectivity index (χ2v) is 4.05. The maximum absolute atomic E-state index is 11.7. The van der Waals surface area contributed by atoms with Gasteiger partial charge >= 0.3 is 12.0 Å². The van der Waals surface area contributed by atoms with Crippen LogP contribution in [0.15, 0.2) is 29.5 Å². The van der Waals surface area contributed by atoms with E-state index in [1.54, 1.807) is 6.07 Å². The van der Waals surface area contributed by atoms with Gasteiger partial charge in [-0.3, -0.25) is 10.1 Å². The number of rotatable bonds is 4. The molecule has 0 saturated heterocycles. The molecule has 1 heterocycles. The van der Waals surface area contributed by atoms with Gasteiger partial charge in [-0.2, -0.15) is 0 Å². The van der Waals surface area contributed by atoms with Crippen molar-refractivity contribution >= 4 is 23.6 Å². The van der Waals surface area contributed by atoms with Gasteiger partial charge in [0, 0.05) is 17.2 Å². The molecule has 1 aromatic heterocycles. The lowest BCUT2D eigenvalue weighted by Crippen LogP contribution is -2.35. The lowest BCUT2D eigenvalue weighted by atomic mass is 10.1. The third kappa shape index (κ3) is 4.60. The molecule has 0 aliphatic rings. The van der Waals surface area contributed by atoms with Crippen molar-refractivity contribution in [1.29, 1.82) is 0 Å². The number of amides is 3. The van der Waals surface area contributed by atoms with E-state index in [2.05, 4.69) is 10.3 Å². The van der Waals surface area contributed by atoms with Crippen LogP contribution in [0.2, 0.25) is 0 Å². The first-order chi connectivity index (χ1) is 9.85. The van der Waals surface area contributed by atoms with E-state index < -0.39 is 17.9 Å². The summed E-state index contributed by atoms with van der Waals surface area (Å²) in [6.45, 7) is 2.60. The van der Waals surface area contributed by atoms with Crippen LogP contribution in [-0.4, -0.2) is 35.1 Å². The summed E-state index contributed by atoms with van der Waals surface area (Å²) in [5.41, 5.74) is 0.176. The summed E-state index contributed by atoms with van der Waals surface area (Å²) >= 11 is 0. The van der Waals surface area contributed by atoms with Crippen molar-refractivity contribution in [2.45, 2.75) is 13.8 Å². The molecule has 0 radical (unpaired) electrons. The van der Waals surface area contributed by atoms with Gasteiger partial charge < -0.3 is 15.2 Å². The molecular weight excluding hydrogens is 278 g/mol. The highest BCUT2D eigenvalue weighted by Gasteiger charge is 2.15. The number of anilines is 1. The van der Waals surface area contributed by atoms with Gasteiger partial charge in [0.1, 0.15) is 0 Å². The van der Waals surface area contributed by atoms with E-state index in [1.165, 1.54) is 33.2 Å². The van der Waals surface area contributed by atoms with E-state index in [1.807, 2.05) is 5.32 Å². The predicted molar refractivity (Wildman–Crippen MR) is 74.0 cm³/mol. The molecule has 1 rings (SSSR count). The number of hydrogen-bond donors (Lipinski definition) is 3. The molecule has 0 aliphatic carbocycles. The molecule has 1 aromatic rings. The quantitative estimate of drug-likeness (QED) is 0.717. The summed E-state index contributed by atoms with van der Waals surface area (Å²) in [6.07, 6.45) is 1.36. The molecule has 112 valence electrons. The lowest BCUT2D eigenvalue weighted by Gasteiger charge is -2.08. The largest absolute Gasteiger partial charge is 0.481 e. The molecule has 3 N–H and O–H groups in total. The van der Waals surface area contributed by atoms with E-state index in [9.17, 15) is 14.4 Å². The number of urea groups is 1. The fourth-order valence-electron chi connectivity index (χ4n) is 1.26. The van der Waals surface area contributed by atoms with Crippen LogP contribution in [0, 0.1) is 0 Å². The van der Waals surface area contributed by atoms with Crippen LogP contribution < -0.4 is 15.4 Å². The summed E-state index contributed by atoms with van der Waals surface area (Å²) in [5.74, 6) is -1.62. The molecule has 0 aromatic carbocycles. The van der Waals surface area contributed by atoms with Crippen molar-refractivity contribution < 1.29 is 24.2 Å². The van der Waals surface area contributed by atoms with E-state index in [-0.39, 0.29) is 11.1 Å². The first-order valence-corrected chi connectivity index (χ1v) is 5.88. The molecule has 0 spiro atoms. The lowest BCUT2D eigenvalue weighted by molar-refractivity contribution is -0.133. The fourth-order valence-corrected chi connectivity index (χ4v) is 1.26. The van der Waals surface area contributed by atoms with Gasteiger partial charge in [0.25, 0.3) is 5.91 Å². The molecule has 0 unspecified atom stereocenters. The Kier molecular flexibility index (Phi) is 5.41. The average Bonchev–Trinajstić information content (AvgIpc) is 2.46. The Morgan fingerprint density at radius 2 is 1.86 bits per heavy atom. The van der Waals surface area contributed by atoms with Crippen molar-refractivity contribution in [2.24, 2.45) is 0 Å². The molecule has 3 amide bonds. The zero-order valence-electron chi connectivity index (χ0n) is 11.8. The van der Waals surface area contributed by atoms with Crippen LogP contribution in [0.3, 0.4) is 0 Å². The van der Waals surface area contributed by atoms with E-state index in [0.717, 1.165) is 0 Å². The number of carboxylic acid groups (broad SMARTS) is 1. The maximum Gasteiger partial charge on any atom is 0.331 e. The van der Waals surface area contributed by atoms with Crippen molar-refractivity contribution in [3.63, 3.8) is 0 Å². The highest BCUT2D eigenvalue weighted by atomic mass is 16.5. The van der Waals surface area contributed by atoms with Gasteiger partial charge in [0.2, 0.25) is 5.88 Å². The number of aromatic nitrogens is 1. The van der Waals surface area contributed by atoms with Crippen molar-refractivity contribution in [2.75, 3.05) is 12.4 Å². The number of nitrogens with one attached hydrogen (secondary N) is 2. The minimum absolute atomic E-state index is 0.0505. The first kappa shape index (κ1) is 16.2. The van der Waals surface area contributed by atoms with Gasteiger partial charge in [-0.1, -0.05) is 0 Å². The Labute approximate surface area is 120 Å². The van der Waals surface area contributed by atoms with Crippen molar-refractivity contribution in [1.82, 2.24) is 10.3 Å². The van der Waals surface area contributed by atoms with Gasteiger partial charge in [0.15, 0.2) is 0 Å². The smallest absolute Gasteiger partial charge is 0.331 e. The summed E-state index contributed by atoms with van der Waals surface area (Å²) in [6, 6.07) is 2.29. The number of aliphatic carboxylic acids is 1. The number of carbonyl (C=O) groups is 3. The molecule has 0 atom stereocenters. The van der Waals surface area contributed by atoms with Gasteiger partial charge in [-0.05, 0) is 19.9 Å². The van der Waals surface area contributed by atoms with Gasteiger partial charge in [-0.15, -0.1) is 0 Å². The molecule has 0 saturated carbocycles. The number of pyridine rings is 1. The number of carboxylic acids is 1. The number of nitrogens with zero attached hydrogens (tertiary/aromatic N) is 1. The summed E-state index contributed by atoms with van der Waals surface area (Å²) in [5, 5.41) is 13.2. The van der Waals surface area contributed by atoms with Crippen molar-refractivity contribution in [3.05, 3.63) is 29.5 Å². The van der Waals surface area contributed by atoms with Gasteiger partial charge in [0.05, 0.1) is 19.0 Å². The molecule has 21 heavy (non-hydrogen) atoms. The predicted octanol–water partition coefficient (Wildman–Crippen LogP) is 1.16. The standard InChI is InChI=1S/C13H15N3O5/c1-7(8(2)12(18)19)11(17)16-13(20)15-9-4-5-10(21-3)14-6-9/h4-6H,1-3H3,(H,18,19)(H2,15,16,17,20). The number of ether oxygens (including phenoxy) is 1. The van der Waals surface area contributed by atoms with Crippen LogP contribution in [0.1, 0.15) is 13.8 Å². The van der Waals surface area contributed by atoms with E-state index in [4.69, 9.17) is 9.84 Å². The Hall–Kier alpha value is -2.90. The first-order valence-electron chi connectivity index (χ1n) is 5.88. The minimum atomic E-state index is -1.22. The number of hydrogen-bond acceptors (Lipinski definition) is 5. The topological polar surface area (TPSA) is 118 Å². The fraction of sp³-hybridized carbons (Fsp3) is 0.231. The minimum Gasteiger partial charge on any atom is -0.481 e. The van der Waals surface area contributed by atoms with Crippen molar-refractivity contribution in [3.8, 4) is 5.88 Å². The normalized spacial score (nSPS) is 11.2. The SMILES string of the molecule is COc1ccc(NC(=O)NC(=O)C(C)=C(C)C(=O)O)cn1. The van der Waals surface area contributed by atoms with E-state index in [0.29, 0.717) is 11.6 Å². The van der Waals surface area contributed by atoms with Crippen LogP contribution in [0.5, 0.6) is 5.88 Å². The van der Waals surface area contributed by atoms with Crippen LogP contribution in [-0.2, 0) is 9.59 Å². The van der Waals surface area contributed by atoms with Gasteiger partial charge in [-0.25, -0.2) is 14.6 Å². The highest BCUT2D eigenvalue weighted by Crippen LogP contribution is 2.10. The Morgan fingerprint density at radius 3 is 2.33 bits per heavy atom. The molecule has 0 aliphatic heterocycles. The number of methoxy groups -OCH3 is 1. The summed E-state index contributed by atoms with van der Waals surface area (Å²) in [4.78, 5) is 37.9. The molecule has 8 heteroatoms. The van der Waals surface area contributed by atoms with Crippen LogP contribution in [0.25, 0.3) is 0 Å². The number of carbonyl (C=O) groups excluding carboxylic acids is 2. The molecular formula is C13H15N3O5.